The Morgan fingerprint density at radius 3 is 2.82 bits per heavy atom. The number of aromatic hydroxyl groups is 1. The summed E-state index contributed by atoms with van der Waals surface area (Å²) >= 11 is 0. The topological polar surface area (TPSA) is 94.8 Å². The first-order valence-corrected chi connectivity index (χ1v) is 15.8. The van der Waals surface area contributed by atoms with Gasteiger partial charge in [0, 0.05) is 30.8 Å². The van der Waals surface area contributed by atoms with Crippen LogP contribution in [0.2, 0.25) is 0 Å². The van der Waals surface area contributed by atoms with E-state index in [0.717, 1.165) is 48.6 Å². The van der Waals surface area contributed by atoms with Crippen LogP contribution in [0.25, 0.3) is 32.9 Å². The zero-order valence-electron chi connectivity index (χ0n) is 25.4. The van der Waals surface area contributed by atoms with Gasteiger partial charge in [-0.2, -0.15) is 9.97 Å². The molecule has 0 bridgehead atoms. The SMILES string of the molecule is CCc1cccc2cc(O)cc(-c3ncc4c(N5C(C)CCC(O)C5C)nc(OC[C@@]56CCCN5C[C@H](F)C6)nc4c3F)c12. The number of aliphatic hydroxyl groups excluding tert-OH is 1. The lowest BCUT2D eigenvalue weighted by Crippen LogP contribution is -2.51. The second kappa shape index (κ2) is 11.1. The molecule has 0 spiro atoms. The highest BCUT2D eigenvalue weighted by Crippen LogP contribution is 2.42. The number of pyridine rings is 1. The van der Waals surface area contributed by atoms with Crippen molar-refractivity contribution in [2.75, 3.05) is 24.6 Å². The van der Waals surface area contributed by atoms with Crippen LogP contribution < -0.4 is 9.64 Å². The molecule has 44 heavy (non-hydrogen) atoms. The van der Waals surface area contributed by atoms with Crippen molar-refractivity contribution in [1.29, 1.82) is 0 Å². The van der Waals surface area contributed by atoms with Crippen LogP contribution in [0.1, 0.15) is 58.4 Å². The molecule has 5 heterocycles. The third kappa shape index (κ3) is 4.74. The maximum Gasteiger partial charge on any atom is 0.319 e. The van der Waals surface area contributed by atoms with Gasteiger partial charge in [0.25, 0.3) is 0 Å². The number of aryl methyl sites for hydroxylation is 1. The van der Waals surface area contributed by atoms with Crippen LogP contribution in [-0.4, -0.2) is 79.7 Å². The predicted octanol–water partition coefficient (Wildman–Crippen LogP) is 5.95. The molecule has 3 saturated heterocycles. The highest BCUT2D eigenvalue weighted by molar-refractivity contribution is 6.01. The van der Waals surface area contributed by atoms with Crippen molar-refractivity contribution in [3.63, 3.8) is 0 Å². The van der Waals surface area contributed by atoms with E-state index >= 15 is 4.39 Å². The summed E-state index contributed by atoms with van der Waals surface area (Å²) in [4.78, 5) is 18.2. The molecule has 232 valence electrons. The molecule has 3 aliphatic rings. The van der Waals surface area contributed by atoms with Gasteiger partial charge in [-0.15, -0.1) is 0 Å². The Bertz CT molecular complexity index is 1740. The monoisotopic (exact) mass is 603 g/mol. The highest BCUT2D eigenvalue weighted by Gasteiger charge is 2.49. The van der Waals surface area contributed by atoms with Gasteiger partial charge in [0.05, 0.1) is 23.1 Å². The van der Waals surface area contributed by atoms with Crippen molar-refractivity contribution >= 4 is 27.5 Å². The molecule has 3 unspecified atom stereocenters. The van der Waals surface area contributed by atoms with Gasteiger partial charge in [-0.1, -0.05) is 25.1 Å². The number of hydrogen-bond acceptors (Lipinski definition) is 8. The van der Waals surface area contributed by atoms with Crippen LogP contribution in [-0.2, 0) is 6.42 Å². The summed E-state index contributed by atoms with van der Waals surface area (Å²) in [7, 11) is 0. The Labute approximate surface area is 255 Å². The van der Waals surface area contributed by atoms with Crippen LogP contribution in [0, 0.1) is 5.82 Å². The Morgan fingerprint density at radius 1 is 1.16 bits per heavy atom. The minimum absolute atomic E-state index is 0.0153. The summed E-state index contributed by atoms with van der Waals surface area (Å²) < 4.78 is 37.6. The van der Waals surface area contributed by atoms with E-state index < -0.39 is 23.6 Å². The third-order valence-electron chi connectivity index (χ3n) is 10.2. The molecule has 7 rings (SSSR count). The van der Waals surface area contributed by atoms with Crippen molar-refractivity contribution in [2.45, 2.75) is 89.2 Å². The molecule has 0 aliphatic carbocycles. The molecule has 5 atom stereocenters. The molecule has 0 amide bonds. The van der Waals surface area contributed by atoms with Gasteiger partial charge in [-0.05, 0) is 81.0 Å². The Morgan fingerprint density at radius 2 is 2.00 bits per heavy atom. The Balaban J connectivity index is 1.39. The van der Waals surface area contributed by atoms with Crippen LogP contribution in [0.3, 0.4) is 0 Å². The number of rotatable bonds is 6. The summed E-state index contributed by atoms with van der Waals surface area (Å²) in [6.07, 6.45) is 4.43. The van der Waals surface area contributed by atoms with E-state index in [9.17, 15) is 14.6 Å². The van der Waals surface area contributed by atoms with E-state index in [0.29, 0.717) is 36.2 Å². The average molecular weight is 604 g/mol. The number of alkyl halides is 1. The fourth-order valence-corrected chi connectivity index (χ4v) is 7.87. The zero-order valence-corrected chi connectivity index (χ0v) is 25.4. The first-order chi connectivity index (χ1) is 21.2. The molecule has 2 aromatic carbocycles. The number of aromatic nitrogens is 3. The highest BCUT2D eigenvalue weighted by atomic mass is 19.1. The van der Waals surface area contributed by atoms with Gasteiger partial charge in [-0.3, -0.25) is 9.88 Å². The number of anilines is 1. The number of nitrogens with zero attached hydrogens (tertiary/aromatic N) is 5. The second-order valence-corrected chi connectivity index (χ2v) is 12.9. The molecule has 0 radical (unpaired) electrons. The number of benzene rings is 2. The van der Waals surface area contributed by atoms with Gasteiger partial charge in [-0.25, -0.2) is 8.78 Å². The van der Waals surface area contributed by atoms with Crippen LogP contribution in [0.4, 0.5) is 14.6 Å². The molecule has 10 heteroatoms. The van der Waals surface area contributed by atoms with E-state index in [2.05, 4.69) is 21.8 Å². The minimum Gasteiger partial charge on any atom is -0.508 e. The average Bonchev–Trinajstić information content (AvgIpc) is 3.53. The Hall–Kier alpha value is -3.63. The summed E-state index contributed by atoms with van der Waals surface area (Å²) in [6, 6.07) is 8.79. The van der Waals surface area contributed by atoms with Crippen LogP contribution in [0.15, 0.2) is 36.5 Å². The van der Waals surface area contributed by atoms with E-state index in [1.807, 2.05) is 36.9 Å². The Kier molecular flexibility index (Phi) is 7.32. The number of halogens is 2. The maximum atomic E-state index is 16.8. The van der Waals surface area contributed by atoms with Gasteiger partial charge < -0.3 is 19.8 Å². The van der Waals surface area contributed by atoms with E-state index in [1.54, 1.807) is 18.3 Å². The maximum absolute atomic E-state index is 16.8. The van der Waals surface area contributed by atoms with Crippen molar-refractivity contribution in [2.24, 2.45) is 0 Å². The summed E-state index contributed by atoms with van der Waals surface area (Å²) in [5, 5.41) is 23.4. The number of piperidine rings is 1. The van der Waals surface area contributed by atoms with Crippen molar-refractivity contribution in [1.82, 2.24) is 19.9 Å². The van der Waals surface area contributed by atoms with Gasteiger partial charge >= 0.3 is 6.01 Å². The van der Waals surface area contributed by atoms with Crippen molar-refractivity contribution in [3.8, 4) is 23.0 Å². The minimum atomic E-state index is -0.903. The number of hydrogen-bond donors (Lipinski definition) is 2. The van der Waals surface area contributed by atoms with Gasteiger partial charge in [0.2, 0.25) is 0 Å². The van der Waals surface area contributed by atoms with Crippen molar-refractivity contribution < 1.29 is 23.7 Å². The summed E-state index contributed by atoms with van der Waals surface area (Å²) in [5.74, 6) is -0.174. The molecule has 3 aliphatic heterocycles. The second-order valence-electron chi connectivity index (χ2n) is 12.9. The predicted molar refractivity (Wildman–Crippen MR) is 166 cm³/mol. The largest absolute Gasteiger partial charge is 0.508 e. The molecule has 8 nitrogen and oxygen atoms in total. The molecule has 2 aromatic heterocycles. The number of phenols is 1. The fourth-order valence-electron chi connectivity index (χ4n) is 7.87. The number of ether oxygens (including phenoxy) is 1. The molecule has 0 saturated carbocycles. The normalized spacial score (nSPS) is 27.4. The lowest BCUT2D eigenvalue weighted by molar-refractivity contribution is 0.105. The molecular formula is C34H39F2N5O3. The molecule has 3 fully saturated rings. The lowest BCUT2D eigenvalue weighted by Gasteiger charge is -2.43. The quantitative estimate of drug-likeness (QED) is 0.280. The first kappa shape index (κ1) is 29.1. The number of fused-ring (bicyclic) bond motifs is 3. The van der Waals surface area contributed by atoms with Gasteiger partial charge in [0.1, 0.15) is 35.6 Å². The molecule has 2 N–H and O–H groups in total. The van der Waals surface area contributed by atoms with Crippen LogP contribution >= 0.6 is 0 Å². The molecule has 4 aromatic rings. The standard InChI is InChI=1S/C34H39F2N5O3/c1-4-21-7-5-8-22-13-24(42)14-25(28(21)22)30-29(36)31-26(16-37-30)32(41-19(2)9-10-27(43)20(41)3)39-33(38-31)44-18-34-11-6-12-40(34)17-23(35)15-34/h5,7-8,13-14,16,19-20,23,27,42-43H,4,6,9-12,15,17-18H2,1-3H3/t19?,20?,23-,27?,34+/m1/s1. The zero-order chi connectivity index (χ0) is 30.7. The van der Waals surface area contributed by atoms with Gasteiger partial charge in [0.15, 0.2) is 5.82 Å². The summed E-state index contributed by atoms with van der Waals surface area (Å²) in [6.45, 7) is 7.48. The fraction of sp³-hybridized carbons (Fsp3) is 0.500. The van der Waals surface area contributed by atoms with E-state index in [4.69, 9.17) is 9.72 Å². The van der Waals surface area contributed by atoms with Crippen LogP contribution in [0.5, 0.6) is 11.8 Å². The number of aliphatic hydroxyl groups is 1. The van der Waals surface area contributed by atoms with Crippen molar-refractivity contribution in [3.05, 3.63) is 47.9 Å². The lowest BCUT2D eigenvalue weighted by atomic mass is 9.94. The first-order valence-electron chi connectivity index (χ1n) is 15.8. The number of phenolic OH excluding ortho intramolecular Hbond substituents is 1. The summed E-state index contributed by atoms with van der Waals surface area (Å²) in [5.41, 5.74) is 1.20. The van der Waals surface area contributed by atoms with E-state index in [1.165, 1.54) is 0 Å². The van der Waals surface area contributed by atoms with E-state index in [-0.39, 0.29) is 41.7 Å². The smallest absolute Gasteiger partial charge is 0.319 e. The molecular weight excluding hydrogens is 564 g/mol. The third-order valence-corrected chi connectivity index (χ3v) is 10.2.